The van der Waals surface area contributed by atoms with Gasteiger partial charge in [-0.2, -0.15) is 0 Å². The van der Waals surface area contributed by atoms with E-state index < -0.39 is 0 Å². The van der Waals surface area contributed by atoms with Crippen molar-refractivity contribution in [3.05, 3.63) is 64.7 Å². The lowest BCUT2D eigenvalue weighted by molar-refractivity contribution is 0.224. The van der Waals surface area contributed by atoms with E-state index in [1.54, 1.807) is 0 Å². The topological polar surface area (TPSA) is 50.4 Å². The first kappa shape index (κ1) is 16.9. The van der Waals surface area contributed by atoms with Gasteiger partial charge >= 0.3 is 6.03 Å². The summed E-state index contributed by atoms with van der Waals surface area (Å²) in [6.45, 7) is 6.85. The molecule has 0 bridgehead atoms. The van der Waals surface area contributed by atoms with E-state index in [1.807, 2.05) is 32.0 Å². The summed E-state index contributed by atoms with van der Waals surface area (Å²) >= 11 is 0. The zero-order valence-electron chi connectivity index (χ0n) is 14.0. The van der Waals surface area contributed by atoms with Gasteiger partial charge in [-0.1, -0.05) is 42.0 Å². The van der Waals surface area contributed by atoms with Crippen LogP contribution in [-0.4, -0.2) is 19.3 Å². The van der Waals surface area contributed by atoms with Gasteiger partial charge in [0.25, 0.3) is 0 Å². The molecule has 0 aromatic heterocycles. The maximum atomic E-state index is 11.7. The molecule has 0 radical (unpaired) electrons. The third-order valence-corrected chi connectivity index (χ3v) is 3.84. The second-order valence-corrected chi connectivity index (χ2v) is 5.65. The van der Waals surface area contributed by atoms with Crippen LogP contribution in [-0.2, 0) is 6.42 Å². The van der Waals surface area contributed by atoms with Crippen molar-refractivity contribution in [3.8, 4) is 5.75 Å². The Morgan fingerprint density at radius 1 is 1.00 bits per heavy atom. The highest BCUT2D eigenvalue weighted by atomic mass is 16.5. The highest BCUT2D eigenvalue weighted by Crippen LogP contribution is 2.19. The van der Waals surface area contributed by atoms with Crippen molar-refractivity contribution < 1.29 is 9.53 Å². The molecular weight excluding hydrogens is 288 g/mol. The molecule has 0 saturated heterocycles. The number of rotatable bonds is 6. The molecule has 2 amide bonds. The Balaban J connectivity index is 1.67. The fourth-order valence-corrected chi connectivity index (χ4v) is 2.20. The minimum atomic E-state index is -0.220. The molecule has 0 unspecified atom stereocenters. The van der Waals surface area contributed by atoms with Crippen LogP contribution in [0, 0.1) is 20.8 Å². The number of ether oxygens (including phenoxy) is 1. The van der Waals surface area contributed by atoms with Crippen LogP contribution < -0.4 is 15.4 Å². The van der Waals surface area contributed by atoms with Crippen LogP contribution in [0.2, 0.25) is 0 Å². The van der Waals surface area contributed by atoms with Crippen molar-refractivity contribution in [3.63, 3.8) is 0 Å². The molecule has 2 N–H and O–H groups in total. The normalized spacial score (nSPS) is 10.2. The highest BCUT2D eigenvalue weighted by Gasteiger charge is 2.03. The van der Waals surface area contributed by atoms with Crippen LogP contribution in [0.15, 0.2) is 42.5 Å². The van der Waals surface area contributed by atoms with Gasteiger partial charge < -0.3 is 15.4 Å². The summed E-state index contributed by atoms with van der Waals surface area (Å²) in [5, 5.41) is 5.53. The Bertz CT molecular complexity index is 651. The molecule has 4 heteroatoms. The molecule has 2 rings (SSSR count). The van der Waals surface area contributed by atoms with Crippen LogP contribution in [0.5, 0.6) is 5.75 Å². The second-order valence-electron chi connectivity index (χ2n) is 5.65. The van der Waals surface area contributed by atoms with E-state index in [2.05, 4.69) is 41.8 Å². The van der Waals surface area contributed by atoms with Gasteiger partial charge in [0.1, 0.15) is 5.75 Å². The molecule has 0 heterocycles. The summed E-state index contributed by atoms with van der Waals surface area (Å²) < 4.78 is 5.59. The van der Waals surface area contributed by atoms with Gasteiger partial charge in [-0.25, -0.2) is 4.79 Å². The summed E-state index contributed by atoms with van der Waals surface area (Å²) in [5.41, 5.74) is 4.71. The molecule has 2 aromatic carbocycles. The molecule has 0 spiro atoms. The monoisotopic (exact) mass is 312 g/mol. The van der Waals surface area contributed by atoms with E-state index >= 15 is 0 Å². The summed E-state index contributed by atoms with van der Waals surface area (Å²) in [5.74, 6) is 0.796. The van der Waals surface area contributed by atoms with Gasteiger partial charge in [-0.15, -0.1) is 0 Å². The summed E-state index contributed by atoms with van der Waals surface area (Å²) in [4.78, 5) is 11.7. The summed E-state index contributed by atoms with van der Waals surface area (Å²) in [7, 11) is 0. The first-order valence-electron chi connectivity index (χ1n) is 7.82. The smallest absolute Gasteiger partial charge is 0.317 e. The SMILES string of the molecule is Cc1ccc(CCNC(=O)NCOc2cccc(C)c2C)cc1. The molecule has 0 aliphatic carbocycles. The molecule has 4 nitrogen and oxygen atoms in total. The van der Waals surface area contributed by atoms with E-state index in [4.69, 9.17) is 4.74 Å². The highest BCUT2D eigenvalue weighted by molar-refractivity contribution is 5.73. The van der Waals surface area contributed by atoms with Gasteiger partial charge in [0.2, 0.25) is 0 Å². The molecule has 122 valence electrons. The molecule has 0 aliphatic rings. The van der Waals surface area contributed by atoms with E-state index in [1.165, 1.54) is 16.7 Å². The molecule has 0 aliphatic heterocycles. The molecule has 23 heavy (non-hydrogen) atoms. The van der Waals surface area contributed by atoms with E-state index in [-0.39, 0.29) is 12.8 Å². The lowest BCUT2D eigenvalue weighted by Gasteiger charge is -2.12. The first-order chi connectivity index (χ1) is 11.1. The number of amides is 2. The Morgan fingerprint density at radius 2 is 1.74 bits per heavy atom. The summed E-state index contributed by atoms with van der Waals surface area (Å²) in [6.07, 6.45) is 0.811. The van der Waals surface area contributed by atoms with E-state index in [0.29, 0.717) is 6.54 Å². The zero-order valence-corrected chi connectivity index (χ0v) is 14.0. The number of nitrogens with one attached hydrogen (secondary N) is 2. The number of hydrogen-bond acceptors (Lipinski definition) is 2. The molecular formula is C19H24N2O2. The molecule has 0 saturated carbocycles. The van der Waals surface area contributed by atoms with Gasteiger partial charge in [-0.3, -0.25) is 0 Å². The Hall–Kier alpha value is -2.49. The fraction of sp³-hybridized carbons (Fsp3) is 0.316. The molecule has 0 atom stereocenters. The fourth-order valence-electron chi connectivity index (χ4n) is 2.20. The largest absolute Gasteiger partial charge is 0.473 e. The van der Waals surface area contributed by atoms with Crippen molar-refractivity contribution in [1.29, 1.82) is 0 Å². The van der Waals surface area contributed by atoms with Gasteiger partial charge in [0.05, 0.1) is 0 Å². The van der Waals surface area contributed by atoms with Crippen molar-refractivity contribution in [2.24, 2.45) is 0 Å². The van der Waals surface area contributed by atoms with E-state index in [0.717, 1.165) is 17.7 Å². The van der Waals surface area contributed by atoms with Crippen molar-refractivity contribution in [2.45, 2.75) is 27.2 Å². The molecule has 0 fully saturated rings. The van der Waals surface area contributed by atoms with Crippen LogP contribution in [0.25, 0.3) is 0 Å². The number of hydrogen-bond donors (Lipinski definition) is 2. The third-order valence-electron chi connectivity index (χ3n) is 3.84. The summed E-state index contributed by atoms with van der Waals surface area (Å²) in [6, 6.07) is 14.0. The van der Waals surface area contributed by atoms with Crippen LogP contribution in [0.4, 0.5) is 4.79 Å². The first-order valence-corrected chi connectivity index (χ1v) is 7.82. The Kier molecular flexibility index (Phi) is 6.03. The lowest BCUT2D eigenvalue weighted by Crippen LogP contribution is -2.38. The third kappa shape index (κ3) is 5.33. The van der Waals surface area contributed by atoms with Crippen LogP contribution in [0.3, 0.4) is 0 Å². The van der Waals surface area contributed by atoms with Crippen molar-refractivity contribution >= 4 is 6.03 Å². The Morgan fingerprint density at radius 3 is 2.48 bits per heavy atom. The lowest BCUT2D eigenvalue weighted by atomic mass is 10.1. The maximum absolute atomic E-state index is 11.7. The van der Waals surface area contributed by atoms with Crippen molar-refractivity contribution in [1.82, 2.24) is 10.6 Å². The van der Waals surface area contributed by atoms with Gasteiger partial charge in [-0.05, 0) is 49.9 Å². The maximum Gasteiger partial charge on any atom is 0.317 e. The Labute approximate surface area is 137 Å². The predicted octanol–water partition coefficient (Wildman–Crippen LogP) is 3.49. The van der Waals surface area contributed by atoms with Crippen LogP contribution >= 0.6 is 0 Å². The second kappa shape index (κ2) is 8.22. The minimum absolute atomic E-state index is 0.153. The molecule has 2 aromatic rings. The average molecular weight is 312 g/mol. The van der Waals surface area contributed by atoms with Gasteiger partial charge in [0.15, 0.2) is 6.73 Å². The number of aryl methyl sites for hydroxylation is 2. The predicted molar refractivity (Wildman–Crippen MR) is 92.8 cm³/mol. The zero-order chi connectivity index (χ0) is 16.7. The van der Waals surface area contributed by atoms with Gasteiger partial charge in [0, 0.05) is 6.54 Å². The number of carbonyl (C=O) groups excluding carboxylic acids is 1. The van der Waals surface area contributed by atoms with Crippen LogP contribution in [0.1, 0.15) is 22.3 Å². The average Bonchev–Trinajstić information content (AvgIpc) is 2.53. The number of benzene rings is 2. The van der Waals surface area contributed by atoms with E-state index in [9.17, 15) is 4.79 Å². The quantitative estimate of drug-likeness (QED) is 0.802. The van der Waals surface area contributed by atoms with Crippen molar-refractivity contribution in [2.75, 3.05) is 13.3 Å². The number of carbonyl (C=O) groups is 1. The standard InChI is InChI=1S/C19H24N2O2/c1-14-7-9-17(10-8-14)11-12-20-19(22)21-13-23-18-6-4-5-15(2)16(18)3/h4-10H,11-13H2,1-3H3,(H2,20,21,22). The minimum Gasteiger partial charge on any atom is -0.473 e. The number of urea groups is 1.